The second-order valence-corrected chi connectivity index (χ2v) is 5.94. The number of rotatable bonds is 3. The maximum absolute atomic E-state index is 6.04. The van der Waals surface area contributed by atoms with Gasteiger partial charge in [-0.2, -0.15) is 0 Å². The number of benzene rings is 1. The highest BCUT2D eigenvalue weighted by molar-refractivity contribution is 5.32. The lowest BCUT2D eigenvalue weighted by Gasteiger charge is -2.30. The molecule has 1 nitrogen and oxygen atoms in total. The summed E-state index contributed by atoms with van der Waals surface area (Å²) in [7, 11) is 0. The van der Waals surface area contributed by atoms with Crippen LogP contribution in [0.2, 0.25) is 0 Å². The molecule has 0 amide bonds. The Hall–Kier alpha value is -0.820. The van der Waals surface area contributed by atoms with E-state index in [1.54, 1.807) is 5.56 Å². The molecule has 1 heteroatoms. The number of nitrogens with two attached hydrogens (primary N) is 1. The lowest BCUT2D eigenvalue weighted by molar-refractivity contribution is 0.418. The third-order valence-corrected chi connectivity index (χ3v) is 5.05. The molecule has 17 heavy (non-hydrogen) atoms. The van der Waals surface area contributed by atoms with Gasteiger partial charge in [0.1, 0.15) is 0 Å². The van der Waals surface area contributed by atoms with Crippen molar-refractivity contribution in [3.63, 3.8) is 0 Å². The van der Waals surface area contributed by atoms with Crippen molar-refractivity contribution in [1.82, 2.24) is 0 Å². The number of hydrogen-bond donors (Lipinski definition) is 1. The molecule has 2 saturated carbocycles. The summed E-state index contributed by atoms with van der Waals surface area (Å²) in [4.78, 5) is 0. The average molecular weight is 229 g/mol. The molecule has 0 aromatic heterocycles. The molecule has 0 unspecified atom stereocenters. The third-order valence-electron chi connectivity index (χ3n) is 5.05. The van der Waals surface area contributed by atoms with E-state index in [9.17, 15) is 0 Å². The van der Waals surface area contributed by atoms with Crippen LogP contribution < -0.4 is 5.73 Å². The van der Waals surface area contributed by atoms with E-state index < -0.39 is 0 Å². The summed E-state index contributed by atoms with van der Waals surface area (Å²) in [5, 5.41) is 0. The predicted molar refractivity (Wildman–Crippen MR) is 72.2 cm³/mol. The SMILES string of the molecule is NCC1(c2ccc(C3CCC3)cc2)CCCC1. The Morgan fingerprint density at radius 1 is 1.00 bits per heavy atom. The fourth-order valence-electron chi connectivity index (χ4n) is 3.51. The van der Waals surface area contributed by atoms with Gasteiger partial charge in [-0.15, -0.1) is 0 Å². The zero-order chi connectivity index (χ0) is 11.7. The summed E-state index contributed by atoms with van der Waals surface area (Å²) in [6.45, 7) is 0.815. The van der Waals surface area contributed by atoms with Crippen molar-refractivity contribution < 1.29 is 0 Å². The minimum atomic E-state index is 0.304. The van der Waals surface area contributed by atoms with Gasteiger partial charge < -0.3 is 5.73 Å². The van der Waals surface area contributed by atoms with Gasteiger partial charge in [0, 0.05) is 12.0 Å². The molecule has 1 aromatic carbocycles. The molecule has 0 radical (unpaired) electrons. The molecule has 0 saturated heterocycles. The monoisotopic (exact) mass is 229 g/mol. The van der Waals surface area contributed by atoms with Crippen LogP contribution >= 0.6 is 0 Å². The maximum Gasteiger partial charge on any atom is 0.00755 e. The molecule has 92 valence electrons. The Morgan fingerprint density at radius 2 is 1.65 bits per heavy atom. The Kier molecular flexibility index (Phi) is 2.96. The fourth-order valence-corrected chi connectivity index (χ4v) is 3.51. The molecule has 3 rings (SSSR count). The first-order valence-electron chi connectivity index (χ1n) is 7.15. The number of hydrogen-bond acceptors (Lipinski definition) is 1. The van der Waals surface area contributed by atoms with Gasteiger partial charge in [0.05, 0.1) is 0 Å². The molecule has 0 bridgehead atoms. The minimum absolute atomic E-state index is 0.304. The van der Waals surface area contributed by atoms with E-state index in [1.807, 2.05) is 0 Å². The molecular formula is C16H23N. The summed E-state index contributed by atoms with van der Waals surface area (Å²) in [5.41, 5.74) is 9.37. The Morgan fingerprint density at radius 3 is 2.12 bits per heavy atom. The van der Waals surface area contributed by atoms with Crippen LogP contribution in [-0.2, 0) is 5.41 Å². The van der Waals surface area contributed by atoms with E-state index in [1.165, 1.54) is 50.5 Å². The first-order chi connectivity index (χ1) is 8.34. The highest BCUT2D eigenvalue weighted by Gasteiger charge is 2.34. The molecule has 0 aliphatic heterocycles. The zero-order valence-electron chi connectivity index (χ0n) is 10.6. The molecule has 2 N–H and O–H groups in total. The van der Waals surface area contributed by atoms with Gasteiger partial charge in [-0.3, -0.25) is 0 Å². The van der Waals surface area contributed by atoms with Crippen LogP contribution in [0, 0.1) is 0 Å². The van der Waals surface area contributed by atoms with E-state index in [-0.39, 0.29) is 0 Å². The first kappa shape index (κ1) is 11.3. The van der Waals surface area contributed by atoms with E-state index in [0.717, 1.165) is 12.5 Å². The Balaban J connectivity index is 1.82. The van der Waals surface area contributed by atoms with Crippen LogP contribution in [0.15, 0.2) is 24.3 Å². The van der Waals surface area contributed by atoms with Crippen LogP contribution in [-0.4, -0.2) is 6.54 Å². The smallest absolute Gasteiger partial charge is 0.00755 e. The highest BCUT2D eigenvalue weighted by atomic mass is 14.6. The topological polar surface area (TPSA) is 26.0 Å². The fraction of sp³-hybridized carbons (Fsp3) is 0.625. The molecule has 0 atom stereocenters. The summed E-state index contributed by atoms with van der Waals surface area (Å²) < 4.78 is 0. The van der Waals surface area contributed by atoms with Gasteiger partial charge in [-0.1, -0.05) is 43.5 Å². The predicted octanol–water partition coefficient (Wildman–Crippen LogP) is 3.72. The third kappa shape index (κ3) is 1.91. The van der Waals surface area contributed by atoms with E-state index in [0.29, 0.717) is 5.41 Å². The van der Waals surface area contributed by atoms with Crippen molar-refractivity contribution in [2.24, 2.45) is 5.73 Å². The normalized spacial score (nSPS) is 23.6. The summed E-state index contributed by atoms with van der Waals surface area (Å²) in [6.07, 6.45) is 9.46. The Labute approximate surface area is 104 Å². The van der Waals surface area contributed by atoms with Crippen molar-refractivity contribution in [2.75, 3.05) is 6.54 Å². The second kappa shape index (κ2) is 4.45. The van der Waals surface area contributed by atoms with E-state index >= 15 is 0 Å². The van der Waals surface area contributed by atoms with E-state index in [4.69, 9.17) is 5.73 Å². The summed E-state index contributed by atoms with van der Waals surface area (Å²) in [5.74, 6) is 0.849. The van der Waals surface area contributed by atoms with Gasteiger partial charge in [0.25, 0.3) is 0 Å². The van der Waals surface area contributed by atoms with Crippen molar-refractivity contribution in [2.45, 2.75) is 56.3 Å². The van der Waals surface area contributed by atoms with Gasteiger partial charge in [0.2, 0.25) is 0 Å². The van der Waals surface area contributed by atoms with Crippen molar-refractivity contribution in [1.29, 1.82) is 0 Å². The lowest BCUT2D eigenvalue weighted by Crippen LogP contribution is -2.31. The molecule has 2 fully saturated rings. The molecule has 0 spiro atoms. The minimum Gasteiger partial charge on any atom is -0.330 e. The molecule has 1 aromatic rings. The van der Waals surface area contributed by atoms with Crippen LogP contribution in [0.5, 0.6) is 0 Å². The van der Waals surface area contributed by atoms with Crippen LogP contribution in [0.25, 0.3) is 0 Å². The average Bonchev–Trinajstić information content (AvgIpc) is 2.77. The standard InChI is InChI=1S/C16H23N/c17-12-16(10-1-2-11-16)15-8-6-14(7-9-15)13-4-3-5-13/h6-9,13H,1-5,10-12,17H2. The van der Waals surface area contributed by atoms with Crippen LogP contribution in [0.3, 0.4) is 0 Å². The van der Waals surface area contributed by atoms with Crippen molar-refractivity contribution >= 4 is 0 Å². The van der Waals surface area contributed by atoms with Gasteiger partial charge in [-0.25, -0.2) is 0 Å². The second-order valence-electron chi connectivity index (χ2n) is 5.94. The largest absolute Gasteiger partial charge is 0.330 e. The molecule has 2 aliphatic carbocycles. The lowest BCUT2D eigenvalue weighted by atomic mass is 9.76. The van der Waals surface area contributed by atoms with Crippen molar-refractivity contribution in [3.8, 4) is 0 Å². The first-order valence-corrected chi connectivity index (χ1v) is 7.15. The van der Waals surface area contributed by atoms with E-state index in [2.05, 4.69) is 24.3 Å². The quantitative estimate of drug-likeness (QED) is 0.839. The van der Waals surface area contributed by atoms with Gasteiger partial charge in [-0.05, 0) is 42.7 Å². The van der Waals surface area contributed by atoms with Gasteiger partial charge in [0.15, 0.2) is 0 Å². The highest BCUT2D eigenvalue weighted by Crippen LogP contribution is 2.42. The maximum atomic E-state index is 6.04. The molecule has 2 aliphatic rings. The Bertz CT molecular complexity index is 369. The van der Waals surface area contributed by atoms with Gasteiger partial charge >= 0.3 is 0 Å². The molecule has 0 heterocycles. The zero-order valence-corrected chi connectivity index (χ0v) is 10.6. The summed E-state index contributed by atoms with van der Waals surface area (Å²) in [6, 6.07) is 9.42. The molecular weight excluding hydrogens is 206 g/mol. The van der Waals surface area contributed by atoms with Crippen LogP contribution in [0.4, 0.5) is 0 Å². The van der Waals surface area contributed by atoms with Crippen LogP contribution in [0.1, 0.15) is 62.0 Å². The van der Waals surface area contributed by atoms with Crippen molar-refractivity contribution in [3.05, 3.63) is 35.4 Å². The summed E-state index contributed by atoms with van der Waals surface area (Å²) >= 11 is 0.